The smallest absolute Gasteiger partial charge is 0.263 e. The van der Waals surface area contributed by atoms with Crippen LogP contribution < -0.4 is 11.1 Å². The molecule has 0 bridgehead atoms. The zero-order valence-electron chi connectivity index (χ0n) is 12.1. The van der Waals surface area contributed by atoms with Gasteiger partial charge in [-0.2, -0.15) is 0 Å². The maximum atomic E-state index is 13.6. The van der Waals surface area contributed by atoms with Crippen molar-refractivity contribution in [3.8, 4) is 10.6 Å². The third-order valence-corrected chi connectivity index (χ3v) is 3.57. The van der Waals surface area contributed by atoms with Crippen LogP contribution in [-0.2, 0) is 0 Å². The summed E-state index contributed by atoms with van der Waals surface area (Å²) in [6.07, 6.45) is 1.45. The van der Waals surface area contributed by atoms with Crippen LogP contribution in [0.2, 0.25) is 0 Å². The van der Waals surface area contributed by atoms with E-state index >= 15 is 0 Å². The summed E-state index contributed by atoms with van der Waals surface area (Å²) in [5.41, 5.74) is 5.72. The van der Waals surface area contributed by atoms with Gasteiger partial charge in [-0.05, 0) is 26.0 Å². The number of carbonyl (C=O) groups is 1. The zero-order chi connectivity index (χ0) is 14.8. The van der Waals surface area contributed by atoms with E-state index in [-0.39, 0.29) is 36.5 Å². The molecule has 122 valence electrons. The second kappa shape index (κ2) is 8.43. The number of rotatable bonds is 4. The molecule has 2 aromatic rings. The SMILES string of the molecule is CC(C)(N)CNC(=O)c1cnc(-c2ccccc2F)s1.Cl.Cl. The molecule has 8 heteroatoms. The largest absolute Gasteiger partial charge is 0.349 e. The summed E-state index contributed by atoms with van der Waals surface area (Å²) >= 11 is 1.15. The molecule has 4 nitrogen and oxygen atoms in total. The predicted molar refractivity (Wildman–Crippen MR) is 92.6 cm³/mol. The summed E-state index contributed by atoms with van der Waals surface area (Å²) in [6, 6.07) is 6.35. The van der Waals surface area contributed by atoms with E-state index in [9.17, 15) is 9.18 Å². The van der Waals surface area contributed by atoms with Crippen LogP contribution in [0.4, 0.5) is 4.39 Å². The summed E-state index contributed by atoms with van der Waals surface area (Å²) in [5, 5.41) is 3.22. The van der Waals surface area contributed by atoms with Gasteiger partial charge in [-0.3, -0.25) is 4.79 Å². The van der Waals surface area contributed by atoms with Crippen molar-refractivity contribution >= 4 is 42.1 Å². The van der Waals surface area contributed by atoms with Gasteiger partial charge in [0.05, 0.1) is 6.20 Å². The van der Waals surface area contributed by atoms with Crippen molar-refractivity contribution in [1.29, 1.82) is 0 Å². The monoisotopic (exact) mass is 365 g/mol. The Balaban J connectivity index is 0.00000220. The number of benzene rings is 1. The van der Waals surface area contributed by atoms with Gasteiger partial charge in [0, 0.05) is 17.6 Å². The first-order valence-corrected chi connectivity index (χ1v) is 6.96. The normalized spacial score (nSPS) is 10.4. The number of nitrogens with zero attached hydrogens (tertiary/aromatic N) is 1. The summed E-state index contributed by atoms with van der Waals surface area (Å²) in [7, 11) is 0. The van der Waals surface area contributed by atoms with Crippen LogP contribution in [0.25, 0.3) is 10.6 Å². The second-order valence-corrected chi connectivity index (χ2v) is 6.21. The van der Waals surface area contributed by atoms with Gasteiger partial charge >= 0.3 is 0 Å². The van der Waals surface area contributed by atoms with Crippen molar-refractivity contribution in [1.82, 2.24) is 10.3 Å². The van der Waals surface area contributed by atoms with Crippen molar-refractivity contribution < 1.29 is 9.18 Å². The lowest BCUT2D eigenvalue weighted by molar-refractivity contribution is 0.0950. The van der Waals surface area contributed by atoms with Crippen LogP contribution in [0.1, 0.15) is 23.5 Å². The molecule has 0 saturated carbocycles. The van der Waals surface area contributed by atoms with Crippen molar-refractivity contribution in [3.05, 3.63) is 41.2 Å². The number of nitrogens with one attached hydrogen (secondary N) is 1. The van der Waals surface area contributed by atoms with Crippen molar-refractivity contribution in [2.75, 3.05) is 6.54 Å². The van der Waals surface area contributed by atoms with Crippen LogP contribution >= 0.6 is 36.2 Å². The second-order valence-electron chi connectivity index (χ2n) is 5.18. The molecule has 0 aliphatic heterocycles. The molecule has 0 fully saturated rings. The number of thiazole rings is 1. The Morgan fingerprint density at radius 1 is 1.36 bits per heavy atom. The molecule has 0 saturated heterocycles. The minimum atomic E-state index is -0.477. The minimum absolute atomic E-state index is 0. The Morgan fingerprint density at radius 3 is 2.59 bits per heavy atom. The van der Waals surface area contributed by atoms with E-state index in [4.69, 9.17) is 5.73 Å². The highest BCUT2D eigenvalue weighted by Gasteiger charge is 2.16. The fraction of sp³-hybridized carbons (Fsp3) is 0.286. The van der Waals surface area contributed by atoms with Crippen LogP contribution in [0, 0.1) is 5.82 Å². The van der Waals surface area contributed by atoms with Gasteiger partial charge in [-0.25, -0.2) is 9.37 Å². The van der Waals surface area contributed by atoms with Gasteiger partial charge < -0.3 is 11.1 Å². The summed E-state index contributed by atoms with van der Waals surface area (Å²) < 4.78 is 13.6. The molecule has 1 amide bonds. The molecule has 1 aromatic heterocycles. The lowest BCUT2D eigenvalue weighted by atomic mass is 10.1. The fourth-order valence-electron chi connectivity index (χ4n) is 1.53. The molecular weight excluding hydrogens is 348 g/mol. The molecule has 0 atom stereocenters. The van der Waals surface area contributed by atoms with Crippen molar-refractivity contribution in [3.63, 3.8) is 0 Å². The maximum Gasteiger partial charge on any atom is 0.263 e. The first-order valence-electron chi connectivity index (χ1n) is 6.14. The highest BCUT2D eigenvalue weighted by Crippen LogP contribution is 2.27. The maximum absolute atomic E-state index is 13.6. The lowest BCUT2D eigenvalue weighted by Crippen LogP contribution is -2.44. The summed E-state index contributed by atoms with van der Waals surface area (Å²) in [4.78, 5) is 16.5. The Kier molecular flexibility index (Phi) is 7.97. The number of nitrogens with two attached hydrogens (primary N) is 1. The van der Waals surface area contributed by atoms with Gasteiger partial charge in [0.25, 0.3) is 5.91 Å². The third-order valence-electron chi connectivity index (χ3n) is 2.54. The highest BCUT2D eigenvalue weighted by molar-refractivity contribution is 7.16. The molecule has 2 rings (SSSR count). The van der Waals surface area contributed by atoms with E-state index in [1.165, 1.54) is 12.3 Å². The Bertz CT molecular complexity index is 629. The first kappa shape index (κ1) is 20.8. The van der Waals surface area contributed by atoms with E-state index in [1.807, 2.05) is 13.8 Å². The average Bonchev–Trinajstić information content (AvgIpc) is 2.85. The van der Waals surface area contributed by atoms with Gasteiger partial charge in [0.1, 0.15) is 15.7 Å². The molecule has 22 heavy (non-hydrogen) atoms. The topological polar surface area (TPSA) is 68.0 Å². The quantitative estimate of drug-likeness (QED) is 0.873. The molecule has 1 heterocycles. The fourth-order valence-corrected chi connectivity index (χ4v) is 2.39. The number of hydrogen-bond donors (Lipinski definition) is 2. The van der Waals surface area contributed by atoms with Crippen LogP contribution in [0.15, 0.2) is 30.5 Å². The highest BCUT2D eigenvalue weighted by atomic mass is 35.5. The molecular formula is C14H18Cl2FN3OS. The molecule has 0 unspecified atom stereocenters. The van der Waals surface area contributed by atoms with Gasteiger partial charge in [-0.1, -0.05) is 12.1 Å². The van der Waals surface area contributed by atoms with Crippen molar-refractivity contribution in [2.45, 2.75) is 19.4 Å². The van der Waals surface area contributed by atoms with E-state index in [1.54, 1.807) is 18.2 Å². The van der Waals surface area contributed by atoms with Crippen LogP contribution in [0.5, 0.6) is 0 Å². The van der Waals surface area contributed by atoms with Crippen LogP contribution in [0.3, 0.4) is 0 Å². The predicted octanol–water partition coefficient (Wildman–Crippen LogP) is 3.26. The van der Waals surface area contributed by atoms with E-state index < -0.39 is 5.54 Å². The van der Waals surface area contributed by atoms with Gasteiger partial charge in [0.15, 0.2) is 0 Å². The molecule has 0 aliphatic carbocycles. The van der Waals surface area contributed by atoms with Gasteiger partial charge in [-0.15, -0.1) is 36.2 Å². The third kappa shape index (κ3) is 5.53. The molecule has 0 aliphatic rings. The van der Waals surface area contributed by atoms with Gasteiger partial charge in [0.2, 0.25) is 0 Å². The number of aromatic nitrogens is 1. The zero-order valence-corrected chi connectivity index (χ0v) is 14.6. The average molecular weight is 366 g/mol. The van der Waals surface area contributed by atoms with E-state index in [0.717, 1.165) is 11.3 Å². The summed E-state index contributed by atoms with van der Waals surface area (Å²) in [5.74, 6) is -0.597. The minimum Gasteiger partial charge on any atom is -0.349 e. The first-order chi connectivity index (χ1) is 9.37. The lowest BCUT2D eigenvalue weighted by Gasteiger charge is -2.18. The van der Waals surface area contributed by atoms with Crippen LogP contribution in [-0.4, -0.2) is 23.0 Å². The molecule has 3 N–H and O–H groups in total. The number of amides is 1. The number of halogens is 3. The molecule has 0 radical (unpaired) electrons. The Labute approximate surface area is 145 Å². The van der Waals surface area contributed by atoms with E-state index in [0.29, 0.717) is 22.0 Å². The standard InChI is InChI=1S/C14H16FN3OS.2ClH/c1-14(2,16)8-18-12(19)11-7-17-13(20-11)9-5-3-4-6-10(9)15;;/h3-7H,8,16H2,1-2H3,(H,18,19);2*1H. The molecule has 1 aromatic carbocycles. The Morgan fingerprint density at radius 2 is 2.00 bits per heavy atom. The number of carbonyl (C=O) groups excluding carboxylic acids is 1. The molecule has 0 spiro atoms. The summed E-state index contributed by atoms with van der Waals surface area (Å²) in [6.45, 7) is 4.01. The van der Waals surface area contributed by atoms with Crippen molar-refractivity contribution in [2.24, 2.45) is 5.73 Å². The van der Waals surface area contributed by atoms with E-state index in [2.05, 4.69) is 10.3 Å². The number of hydrogen-bond acceptors (Lipinski definition) is 4. The Hall–Kier alpha value is -1.21.